The van der Waals surface area contributed by atoms with Crippen LogP contribution in [0.4, 0.5) is 0 Å². The summed E-state index contributed by atoms with van der Waals surface area (Å²) in [4.78, 5) is 0. The zero-order chi connectivity index (χ0) is 10.4. The van der Waals surface area contributed by atoms with Gasteiger partial charge in [0.2, 0.25) is 0 Å². The van der Waals surface area contributed by atoms with Gasteiger partial charge in [-0.3, -0.25) is 0 Å². The summed E-state index contributed by atoms with van der Waals surface area (Å²) in [5.41, 5.74) is 1.16. The standard InChI is InChI=1S/C12H17O2/c1-4-10-7-8-11(13-5-2)12(9-10)14-6-3/h7-9H,1,4-6H2,2-3H3. The summed E-state index contributed by atoms with van der Waals surface area (Å²) in [6, 6.07) is 5.94. The minimum atomic E-state index is 0.653. The smallest absolute Gasteiger partial charge is 0.161 e. The van der Waals surface area contributed by atoms with Gasteiger partial charge in [-0.05, 0) is 44.9 Å². The van der Waals surface area contributed by atoms with E-state index in [1.807, 2.05) is 32.0 Å². The Balaban J connectivity index is 2.91. The highest BCUT2D eigenvalue weighted by atomic mass is 16.5. The molecule has 0 aliphatic heterocycles. The summed E-state index contributed by atoms with van der Waals surface area (Å²) in [6.45, 7) is 9.07. The number of ether oxygens (including phenoxy) is 2. The van der Waals surface area contributed by atoms with Gasteiger partial charge in [-0.15, -0.1) is 0 Å². The topological polar surface area (TPSA) is 18.5 Å². The lowest BCUT2D eigenvalue weighted by molar-refractivity contribution is 0.287. The van der Waals surface area contributed by atoms with Crippen molar-refractivity contribution in [3.05, 3.63) is 30.7 Å². The van der Waals surface area contributed by atoms with Crippen molar-refractivity contribution in [2.24, 2.45) is 0 Å². The molecule has 0 aliphatic carbocycles. The Labute approximate surface area is 85.8 Å². The number of rotatable bonds is 5. The average molecular weight is 193 g/mol. The Morgan fingerprint density at radius 1 is 1.07 bits per heavy atom. The maximum Gasteiger partial charge on any atom is 0.161 e. The third-order valence-corrected chi connectivity index (χ3v) is 1.90. The predicted molar refractivity (Wildman–Crippen MR) is 57.8 cm³/mol. The van der Waals surface area contributed by atoms with Gasteiger partial charge in [0.25, 0.3) is 0 Å². The predicted octanol–water partition coefficient (Wildman–Crippen LogP) is 2.86. The molecule has 14 heavy (non-hydrogen) atoms. The Hall–Kier alpha value is -1.18. The quantitative estimate of drug-likeness (QED) is 0.716. The van der Waals surface area contributed by atoms with Crippen molar-refractivity contribution < 1.29 is 9.47 Å². The fourth-order valence-corrected chi connectivity index (χ4v) is 1.25. The van der Waals surface area contributed by atoms with Gasteiger partial charge in [-0.25, -0.2) is 0 Å². The molecule has 1 radical (unpaired) electrons. The van der Waals surface area contributed by atoms with E-state index in [1.54, 1.807) is 0 Å². The molecule has 2 heteroatoms. The second-order valence-electron chi connectivity index (χ2n) is 2.90. The zero-order valence-electron chi connectivity index (χ0n) is 8.88. The van der Waals surface area contributed by atoms with Gasteiger partial charge < -0.3 is 9.47 Å². The van der Waals surface area contributed by atoms with Gasteiger partial charge in [-0.2, -0.15) is 0 Å². The van der Waals surface area contributed by atoms with E-state index < -0.39 is 0 Å². The van der Waals surface area contributed by atoms with Gasteiger partial charge in [-0.1, -0.05) is 6.07 Å². The van der Waals surface area contributed by atoms with Crippen LogP contribution in [-0.4, -0.2) is 13.2 Å². The first-order chi connectivity index (χ1) is 6.81. The number of benzene rings is 1. The van der Waals surface area contributed by atoms with Crippen LogP contribution in [-0.2, 0) is 6.42 Å². The largest absolute Gasteiger partial charge is 0.490 e. The van der Waals surface area contributed by atoms with Gasteiger partial charge in [0.05, 0.1) is 13.2 Å². The van der Waals surface area contributed by atoms with E-state index in [0.717, 1.165) is 23.5 Å². The van der Waals surface area contributed by atoms with E-state index in [-0.39, 0.29) is 0 Å². The van der Waals surface area contributed by atoms with Crippen LogP contribution in [0, 0.1) is 6.92 Å². The molecule has 0 amide bonds. The highest BCUT2D eigenvalue weighted by molar-refractivity contribution is 5.43. The van der Waals surface area contributed by atoms with Crippen molar-refractivity contribution in [3.63, 3.8) is 0 Å². The molecule has 0 saturated carbocycles. The van der Waals surface area contributed by atoms with Gasteiger partial charge >= 0.3 is 0 Å². The fourth-order valence-electron chi connectivity index (χ4n) is 1.25. The number of hydrogen-bond donors (Lipinski definition) is 0. The molecular weight excluding hydrogens is 176 g/mol. The second-order valence-corrected chi connectivity index (χ2v) is 2.90. The first-order valence-electron chi connectivity index (χ1n) is 4.99. The summed E-state index contributed by atoms with van der Waals surface area (Å²) in [5, 5.41) is 0. The van der Waals surface area contributed by atoms with E-state index >= 15 is 0 Å². The van der Waals surface area contributed by atoms with Crippen molar-refractivity contribution in [1.82, 2.24) is 0 Å². The Bertz CT molecular complexity index is 282. The molecule has 2 nitrogen and oxygen atoms in total. The average Bonchev–Trinajstić information content (AvgIpc) is 2.21. The Morgan fingerprint density at radius 2 is 1.71 bits per heavy atom. The molecule has 1 aromatic carbocycles. The molecule has 0 N–H and O–H groups in total. The highest BCUT2D eigenvalue weighted by Gasteiger charge is 2.04. The Kier molecular flexibility index (Phi) is 4.30. The van der Waals surface area contributed by atoms with Crippen LogP contribution in [0.1, 0.15) is 19.4 Å². The van der Waals surface area contributed by atoms with Crippen LogP contribution in [0.25, 0.3) is 0 Å². The minimum Gasteiger partial charge on any atom is -0.490 e. The minimum absolute atomic E-state index is 0.653. The third kappa shape index (κ3) is 2.66. The van der Waals surface area contributed by atoms with Crippen LogP contribution in [0.15, 0.2) is 18.2 Å². The monoisotopic (exact) mass is 193 g/mol. The molecule has 0 saturated heterocycles. The first kappa shape index (κ1) is 10.9. The maximum absolute atomic E-state index is 5.48. The summed E-state index contributed by atoms with van der Waals surface area (Å²) < 4.78 is 10.9. The van der Waals surface area contributed by atoms with Gasteiger partial charge in [0.15, 0.2) is 11.5 Å². The second kappa shape index (κ2) is 5.53. The van der Waals surface area contributed by atoms with Crippen molar-refractivity contribution in [3.8, 4) is 11.5 Å². The fraction of sp³-hybridized carbons (Fsp3) is 0.417. The van der Waals surface area contributed by atoms with Crippen LogP contribution in [0.3, 0.4) is 0 Å². The molecule has 0 bridgehead atoms. The van der Waals surface area contributed by atoms with E-state index in [2.05, 4.69) is 6.92 Å². The summed E-state index contributed by atoms with van der Waals surface area (Å²) in [6.07, 6.45) is 0.770. The summed E-state index contributed by atoms with van der Waals surface area (Å²) >= 11 is 0. The van der Waals surface area contributed by atoms with Crippen molar-refractivity contribution in [1.29, 1.82) is 0 Å². The number of hydrogen-bond acceptors (Lipinski definition) is 2. The van der Waals surface area contributed by atoms with Crippen molar-refractivity contribution in [2.75, 3.05) is 13.2 Å². The molecule has 0 aliphatic rings. The van der Waals surface area contributed by atoms with Crippen LogP contribution in [0.5, 0.6) is 11.5 Å². The molecular formula is C12H17O2. The lowest BCUT2D eigenvalue weighted by atomic mass is 10.1. The molecule has 1 aromatic rings. The highest BCUT2D eigenvalue weighted by Crippen LogP contribution is 2.28. The molecule has 0 aromatic heterocycles. The first-order valence-corrected chi connectivity index (χ1v) is 4.99. The molecule has 0 fully saturated rings. The summed E-state index contributed by atoms with van der Waals surface area (Å²) in [5.74, 6) is 1.63. The van der Waals surface area contributed by atoms with E-state index in [1.165, 1.54) is 0 Å². The lowest BCUT2D eigenvalue weighted by Crippen LogP contribution is -1.98. The molecule has 0 spiro atoms. The third-order valence-electron chi connectivity index (χ3n) is 1.90. The molecule has 1 rings (SSSR count). The molecule has 77 valence electrons. The molecule has 0 unspecified atom stereocenters. The molecule has 0 heterocycles. The SMILES string of the molecule is [CH2]Cc1ccc(OCC)c(OCC)c1. The van der Waals surface area contributed by atoms with Crippen LogP contribution < -0.4 is 9.47 Å². The van der Waals surface area contributed by atoms with E-state index in [0.29, 0.717) is 13.2 Å². The van der Waals surface area contributed by atoms with E-state index in [9.17, 15) is 0 Å². The maximum atomic E-state index is 5.48. The van der Waals surface area contributed by atoms with E-state index in [4.69, 9.17) is 9.47 Å². The normalized spacial score (nSPS) is 9.93. The van der Waals surface area contributed by atoms with Crippen LogP contribution >= 0.6 is 0 Å². The van der Waals surface area contributed by atoms with Gasteiger partial charge in [0.1, 0.15) is 0 Å². The zero-order valence-corrected chi connectivity index (χ0v) is 8.88. The van der Waals surface area contributed by atoms with Crippen molar-refractivity contribution in [2.45, 2.75) is 20.3 Å². The lowest BCUT2D eigenvalue weighted by Gasteiger charge is -2.11. The van der Waals surface area contributed by atoms with Crippen LogP contribution in [0.2, 0.25) is 0 Å². The summed E-state index contributed by atoms with van der Waals surface area (Å²) in [7, 11) is 0. The molecule has 0 atom stereocenters. The van der Waals surface area contributed by atoms with Crippen molar-refractivity contribution >= 4 is 0 Å². The van der Waals surface area contributed by atoms with Gasteiger partial charge in [0, 0.05) is 0 Å². The Morgan fingerprint density at radius 3 is 2.29 bits per heavy atom.